The summed E-state index contributed by atoms with van der Waals surface area (Å²) in [5, 5.41) is 15.2. The lowest BCUT2D eigenvalue weighted by molar-refractivity contribution is 0.117. The van der Waals surface area contributed by atoms with Crippen LogP contribution in [-0.4, -0.2) is 27.9 Å². The smallest absolute Gasteiger partial charge is 0.315 e. The molecule has 0 unspecified atom stereocenters. The van der Waals surface area contributed by atoms with E-state index in [1.165, 1.54) is 0 Å². The molecule has 0 atom stereocenters. The van der Waals surface area contributed by atoms with Gasteiger partial charge in [0, 0.05) is 32.0 Å². The second kappa shape index (κ2) is 5.91. The zero-order valence-electron chi connectivity index (χ0n) is 10.7. The maximum atomic E-state index is 11.7. The molecule has 0 aromatic carbocycles. The Hall–Kier alpha value is -1.49. The third kappa shape index (κ3) is 3.77. The SMILES string of the molecule is Cn1ccc(CNC(=O)NC2CCC(O)CC2)c1. The fourth-order valence-corrected chi connectivity index (χ4v) is 2.30. The number of amides is 2. The van der Waals surface area contributed by atoms with Crippen molar-refractivity contribution in [2.24, 2.45) is 7.05 Å². The van der Waals surface area contributed by atoms with Crippen LogP contribution in [0.15, 0.2) is 18.5 Å². The Labute approximate surface area is 107 Å². The Morgan fingerprint density at radius 2 is 2.17 bits per heavy atom. The molecule has 100 valence electrons. The summed E-state index contributed by atoms with van der Waals surface area (Å²) in [7, 11) is 1.96. The van der Waals surface area contributed by atoms with Gasteiger partial charge < -0.3 is 20.3 Å². The standard InChI is InChI=1S/C13H21N3O2/c1-16-7-6-10(9-16)8-14-13(18)15-11-2-4-12(17)5-3-11/h6-7,9,11-12,17H,2-5,8H2,1H3,(H2,14,15,18). The number of aryl methyl sites for hydroxylation is 1. The minimum absolute atomic E-state index is 0.125. The summed E-state index contributed by atoms with van der Waals surface area (Å²) in [6, 6.07) is 2.06. The number of hydrogen-bond acceptors (Lipinski definition) is 2. The molecule has 1 aromatic heterocycles. The molecule has 5 nitrogen and oxygen atoms in total. The van der Waals surface area contributed by atoms with Crippen LogP contribution >= 0.6 is 0 Å². The summed E-state index contributed by atoms with van der Waals surface area (Å²) in [6.45, 7) is 0.544. The largest absolute Gasteiger partial charge is 0.393 e. The van der Waals surface area contributed by atoms with E-state index in [4.69, 9.17) is 0 Å². The van der Waals surface area contributed by atoms with Crippen molar-refractivity contribution in [1.82, 2.24) is 15.2 Å². The van der Waals surface area contributed by atoms with Crippen molar-refractivity contribution >= 4 is 6.03 Å². The normalized spacial score (nSPS) is 23.7. The molecule has 2 amide bonds. The Bertz CT molecular complexity index is 395. The van der Waals surface area contributed by atoms with Gasteiger partial charge in [-0.2, -0.15) is 0 Å². The first kappa shape index (κ1) is 13.0. The van der Waals surface area contributed by atoms with Crippen molar-refractivity contribution in [3.05, 3.63) is 24.0 Å². The molecule has 0 bridgehead atoms. The zero-order chi connectivity index (χ0) is 13.0. The minimum atomic E-state index is -0.185. The highest BCUT2D eigenvalue weighted by atomic mass is 16.3. The van der Waals surface area contributed by atoms with Crippen LogP contribution in [-0.2, 0) is 13.6 Å². The van der Waals surface area contributed by atoms with Gasteiger partial charge in [-0.3, -0.25) is 0 Å². The van der Waals surface area contributed by atoms with Gasteiger partial charge in [-0.15, -0.1) is 0 Å². The Morgan fingerprint density at radius 3 is 2.78 bits per heavy atom. The highest BCUT2D eigenvalue weighted by Crippen LogP contribution is 2.18. The Morgan fingerprint density at radius 1 is 1.44 bits per heavy atom. The summed E-state index contributed by atoms with van der Waals surface area (Å²) >= 11 is 0. The third-order valence-electron chi connectivity index (χ3n) is 3.38. The molecule has 1 heterocycles. The number of carbonyl (C=O) groups is 1. The number of nitrogens with one attached hydrogen (secondary N) is 2. The predicted octanol–water partition coefficient (Wildman–Crippen LogP) is 1.13. The number of aliphatic hydroxyl groups is 1. The van der Waals surface area contributed by atoms with Crippen LogP contribution in [0.2, 0.25) is 0 Å². The van der Waals surface area contributed by atoms with Crippen LogP contribution < -0.4 is 10.6 Å². The van der Waals surface area contributed by atoms with E-state index in [1.54, 1.807) is 0 Å². The lowest BCUT2D eigenvalue weighted by Gasteiger charge is -2.26. The van der Waals surface area contributed by atoms with Gasteiger partial charge in [-0.05, 0) is 37.3 Å². The monoisotopic (exact) mass is 251 g/mol. The van der Waals surface area contributed by atoms with E-state index in [-0.39, 0.29) is 18.2 Å². The van der Waals surface area contributed by atoms with E-state index in [1.807, 2.05) is 30.1 Å². The molecule has 0 spiro atoms. The Kier molecular flexibility index (Phi) is 4.25. The number of carbonyl (C=O) groups excluding carboxylic acids is 1. The maximum Gasteiger partial charge on any atom is 0.315 e. The topological polar surface area (TPSA) is 66.3 Å². The van der Waals surface area contributed by atoms with Gasteiger partial charge in [-0.1, -0.05) is 0 Å². The number of nitrogens with zero attached hydrogens (tertiary/aromatic N) is 1. The zero-order valence-corrected chi connectivity index (χ0v) is 10.7. The molecular formula is C13H21N3O2. The van der Waals surface area contributed by atoms with Gasteiger partial charge in [0.05, 0.1) is 6.10 Å². The van der Waals surface area contributed by atoms with Crippen LogP contribution in [0.5, 0.6) is 0 Å². The molecule has 1 fully saturated rings. The van der Waals surface area contributed by atoms with Gasteiger partial charge in [0.15, 0.2) is 0 Å². The van der Waals surface area contributed by atoms with Gasteiger partial charge in [-0.25, -0.2) is 4.79 Å². The van der Waals surface area contributed by atoms with E-state index in [0.717, 1.165) is 31.2 Å². The molecule has 0 radical (unpaired) electrons. The summed E-state index contributed by atoms with van der Waals surface area (Å²) in [5.41, 5.74) is 1.09. The van der Waals surface area contributed by atoms with E-state index in [0.29, 0.717) is 6.54 Å². The molecule has 18 heavy (non-hydrogen) atoms. The van der Waals surface area contributed by atoms with Crippen LogP contribution in [0.4, 0.5) is 4.79 Å². The highest BCUT2D eigenvalue weighted by Gasteiger charge is 2.20. The second-order valence-electron chi connectivity index (χ2n) is 5.02. The first-order chi connectivity index (χ1) is 8.63. The molecule has 1 aromatic rings. The Balaban J connectivity index is 1.69. The van der Waals surface area contributed by atoms with Crippen LogP contribution in [0, 0.1) is 0 Å². The van der Waals surface area contributed by atoms with Gasteiger partial charge >= 0.3 is 6.03 Å². The van der Waals surface area contributed by atoms with Crippen molar-refractivity contribution < 1.29 is 9.90 Å². The van der Waals surface area contributed by atoms with E-state index < -0.39 is 0 Å². The molecule has 2 rings (SSSR count). The van der Waals surface area contributed by atoms with E-state index >= 15 is 0 Å². The lowest BCUT2D eigenvalue weighted by Crippen LogP contribution is -2.43. The van der Waals surface area contributed by atoms with Crippen molar-refractivity contribution in [3.63, 3.8) is 0 Å². The fraction of sp³-hybridized carbons (Fsp3) is 0.615. The number of hydrogen-bond donors (Lipinski definition) is 3. The van der Waals surface area contributed by atoms with Crippen molar-refractivity contribution in [2.75, 3.05) is 0 Å². The quantitative estimate of drug-likeness (QED) is 0.754. The molecule has 5 heteroatoms. The van der Waals surface area contributed by atoms with Gasteiger partial charge in [0.25, 0.3) is 0 Å². The minimum Gasteiger partial charge on any atom is -0.393 e. The van der Waals surface area contributed by atoms with E-state index in [2.05, 4.69) is 10.6 Å². The summed E-state index contributed by atoms with van der Waals surface area (Å²) in [6.07, 6.45) is 7.04. The fourth-order valence-electron chi connectivity index (χ4n) is 2.30. The molecule has 1 aliphatic rings. The summed E-state index contributed by atoms with van der Waals surface area (Å²) in [4.78, 5) is 11.7. The number of aromatic nitrogens is 1. The van der Waals surface area contributed by atoms with Crippen molar-refractivity contribution in [3.8, 4) is 0 Å². The highest BCUT2D eigenvalue weighted by molar-refractivity contribution is 5.74. The molecule has 1 saturated carbocycles. The second-order valence-corrected chi connectivity index (χ2v) is 5.02. The van der Waals surface area contributed by atoms with Crippen LogP contribution in [0.25, 0.3) is 0 Å². The molecule has 1 aliphatic carbocycles. The molecular weight excluding hydrogens is 230 g/mol. The van der Waals surface area contributed by atoms with Crippen LogP contribution in [0.3, 0.4) is 0 Å². The van der Waals surface area contributed by atoms with Crippen molar-refractivity contribution in [1.29, 1.82) is 0 Å². The van der Waals surface area contributed by atoms with E-state index in [9.17, 15) is 9.90 Å². The van der Waals surface area contributed by atoms with Crippen LogP contribution in [0.1, 0.15) is 31.2 Å². The van der Waals surface area contributed by atoms with Gasteiger partial charge in [0.1, 0.15) is 0 Å². The number of urea groups is 1. The molecule has 0 saturated heterocycles. The number of aliphatic hydroxyl groups excluding tert-OH is 1. The first-order valence-electron chi connectivity index (χ1n) is 6.47. The summed E-state index contributed by atoms with van der Waals surface area (Å²) in [5.74, 6) is 0. The predicted molar refractivity (Wildman–Crippen MR) is 69.0 cm³/mol. The number of rotatable bonds is 3. The average molecular weight is 251 g/mol. The van der Waals surface area contributed by atoms with Gasteiger partial charge in [0.2, 0.25) is 0 Å². The molecule has 3 N–H and O–H groups in total. The van der Waals surface area contributed by atoms with Crippen molar-refractivity contribution in [2.45, 2.75) is 44.4 Å². The first-order valence-corrected chi connectivity index (χ1v) is 6.47. The molecule has 0 aliphatic heterocycles. The third-order valence-corrected chi connectivity index (χ3v) is 3.38. The maximum absolute atomic E-state index is 11.7. The lowest BCUT2D eigenvalue weighted by atomic mass is 9.93. The average Bonchev–Trinajstić information content (AvgIpc) is 2.76. The summed E-state index contributed by atoms with van der Waals surface area (Å²) < 4.78 is 1.96.